The van der Waals surface area contributed by atoms with Gasteiger partial charge in [0, 0.05) is 43.3 Å². The third-order valence-corrected chi connectivity index (χ3v) is 6.30. The Morgan fingerprint density at radius 2 is 2.15 bits per heavy atom. The van der Waals surface area contributed by atoms with Crippen molar-refractivity contribution in [2.45, 2.75) is 32.3 Å². The van der Waals surface area contributed by atoms with E-state index in [4.69, 9.17) is 0 Å². The molecule has 2 saturated heterocycles. The first-order valence-electron chi connectivity index (χ1n) is 9.39. The number of aromatic hydroxyl groups is 1. The maximum absolute atomic E-state index is 13.4. The van der Waals surface area contributed by atoms with Gasteiger partial charge in [-0.1, -0.05) is 0 Å². The fourth-order valence-electron chi connectivity index (χ4n) is 4.60. The molecule has 2 amide bonds. The van der Waals surface area contributed by atoms with Crippen LogP contribution in [0.5, 0.6) is 5.75 Å². The number of amides is 2. The number of aliphatic hydroxyl groups is 1. The van der Waals surface area contributed by atoms with Crippen LogP contribution in [0.25, 0.3) is 10.9 Å². The van der Waals surface area contributed by atoms with Gasteiger partial charge >= 0.3 is 0 Å². The first-order valence-corrected chi connectivity index (χ1v) is 9.39. The summed E-state index contributed by atoms with van der Waals surface area (Å²) in [5.74, 6) is -0.210. The smallest absolute Gasteiger partial charge is 0.256 e. The lowest BCUT2D eigenvalue weighted by Crippen LogP contribution is -2.62. The molecule has 2 atom stereocenters. The molecule has 0 aliphatic carbocycles. The van der Waals surface area contributed by atoms with Gasteiger partial charge in [-0.05, 0) is 44.4 Å². The molecule has 1 aromatic heterocycles. The van der Waals surface area contributed by atoms with E-state index >= 15 is 0 Å². The lowest BCUT2D eigenvalue weighted by Gasteiger charge is -2.46. The zero-order valence-electron chi connectivity index (χ0n) is 15.7. The van der Waals surface area contributed by atoms with Gasteiger partial charge in [0.2, 0.25) is 5.91 Å². The topological polar surface area (TPSA) is 94.8 Å². The number of benzene rings is 1. The molecular formula is C20H25N3O4. The van der Waals surface area contributed by atoms with E-state index < -0.39 is 11.5 Å². The van der Waals surface area contributed by atoms with Gasteiger partial charge in [-0.3, -0.25) is 9.59 Å². The van der Waals surface area contributed by atoms with Crippen molar-refractivity contribution in [1.82, 2.24) is 14.8 Å². The monoisotopic (exact) mass is 371 g/mol. The third-order valence-electron chi connectivity index (χ3n) is 6.30. The third kappa shape index (κ3) is 2.60. The molecule has 3 N–H and O–H groups in total. The molecule has 2 aliphatic rings. The Morgan fingerprint density at radius 1 is 1.37 bits per heavy atom. The fraction of sp³-hybridized carbons (Fsp3) is 0.500. The first kappa shape index (κ1) is 17.9. The molecule has 3 heterocycles. The predicted octanol–water partition coefficient (Wildman–Crippen LogP) is 1.30. The fourth-order valence-corrected chi connectivity index (χ4v) is 4.60. The van der Waals surface area contributed by atoms with Crippen LogP contribution in [0.1, 0.15) is 35.3 Å². The molecule has 1 spiro atoms. The number of aliphatic hydroxyl groups excluding tert-OH is 1. The Bertz CT molecular complexity index is 935. The average molecular weight is 371 g/mol. The lowest BCUT2D eigenvalue weighted by molar-refractivity contribution is -0.147. The average Bonchev–Trinajstić information content (AvgIpc) is 2.89. The molecule has 27 heavy (non-hydrogen) atoms. The highest BCUT2D eigenvalue weighted by molar-refractivity contribution is 6.09. The minimum atomic E-state index is -0.924. The number of carbonyl (C=O) groups is 2. The molecule has 144 valence electrons. The van der Waals surface area contributed by atoms with E-state index in [2.05, 4.69) is 5.32 Å². The van der Waals surface area contributed by atoms with Crippen molar-refractivity contribution in [2.75, 3.05) is 19.6 Å². The summed E-state index contributed by atoms with van der Waals surface area (Å²) in [5, 5.41) is 24.0. The highest BCUT2D eigenvalue weighted by atomic mass is 16.3. The number of aryl methyl sites for hydroxylation is 1. The molecule has 0 saturated carbocycles. The number of aromatic nitrogens is 1. The minimum Gasteiger partial charge on any atom is -0.508 e. The number of phenols is 1. The minimum absolute atomic E-state index is 0.111. The summed E-state index contributed by atoms with van der Waals surface area (Å²) in [5.41, 5.74) is 1.31. The van der Waals surface area contributed by atoms with Crippen LogP contribution in [-0.4, -0.2) is 57.2 Å². The Balaban J connectivity index is 1.73. The standard InChI is InChI=1S/C20H25N3O4/c1-12-17(14-10-13(24)4-5-15(14)22(12)2)18(26)23-9-6-16(25)20(11-23)7-3-8-21-19(20)27/h4-5,10,16,24-25H,3,6-9,11H2,1-2H3,(H,21,27)/t16?,20-/m1/s1. The van der Waals surface area contributed by atoms with Crippen LogP contribution >= 0.6 is 0 Å². The summed E-state index contributed by atoms with van der Waals surface area (Å²) in [6.45, 7) is 3.12. The summed E-state index contributed by atoms with van der Waals surface area (Å²) >= 11 is 0. The van der Waals surface area contributed by atoms with Crippen molar-refractivity contribution in [3.63, 3.8) is 0 Å². The molecule has 2 aromatic rings. The van der Waals surface area contributed by atoms with Gasteiger partial charge in [-0.25, -0.2) is 0 Å². The predicted molar refractivity (Wildman–Crippen MR) is 101 cm³/mol. The summed E-state index contributed by atoms with van der Waals surface area (Å²) in [6, 6.07) is 5.01. The number of likely N-dealkylation sites (tertiary alicyclic amines) is 1. The van der Waals surface area contributed by atoms with Gasteiger partial charge < -0.3 is 25.0 Å². The second kappa shape index (κ2) is 6.27. The van der Waals surface area contributed by atoms with Gasteiger partial charge in [0.15, 0.2) is 0 Å². The van der Waals surface area contributed by atoms with Crippen LogP contribution in [0.3, 0.4) is 0 Å². The zero-order valence-corrected chi connectivity index (χ0v) is 15.7. The second-order valence-corrected chi connectivity index (χ2v) is 7.77. The van der Waals surface area contributed by atoms with Gasteiger partial charge in [0.05, 0.1) is 17.1 Å². The molecule has 1 unspecified atom stereocenters. The van der Waals surface area contributed by atoms with Crippen molar-refractivity contribution in [1.29, 1.82) is 0 Å². The SMILES string of the molecule is Cc1c(C(=O)N2CCC(O)[C@@]3(CCCNC3=O)C2)c2cc(O)ccc2n1C. The molecule has 7 nitrogen and oxygen atoms in total. The number of phenolic OH excluding ortho intramolecular Hbond substituents is 1. The molecule has 4 rings (SSSR count). The van der Waals surface area contributed by atoms with E-state index in [1.54, 1.807) is 23.1 Å². The van der Waals surface area contributed by atoms with Crippen LogP contribution in [0.4, 0.5) is 0 Å². The van der Waals surface area contributed by atoms with E-state index in [-0.39, 0.29) is 24.1 Å². The van der Waals surface area contributed by atoms with E-state index in [1.165, 1.54) is 0 Å². The molecule has 1 aromatic carbocycles. The maximum Gasteiger partial charge on any atom is 0.256 e. The summed E-state index contributed by atoms with van der Waals surface area (Å²) in [7, 11) is 1.89. The van der Waals surface area contributed by atoms with Crippen LogP contribution < -0.4 is 5.32 Å². The van der Waals surface area contributed by atoms with Crippen molar-refractivity contribution < 1.29 is 19.8 Å². The maximum atomic E-state index is 13.4. The van der Waals surface area contributed by atoms with E-state index in [0.29, 0.717) is 36.9 Å². The van der Waals surface area contributed by atoms with Crippen LogP contribution in [0, 0.1) is 12.3 Å². The number of rotatable bonds is 1. The molecule has 2 fully saturated rings. The summed E-state index contributed by atoms with van der Waals surface area (Å²) in [6.07, 6.45) is 1.03. The van der Waals surface area contributed by atoms with Crippen molar-refractivity contribution in [3.8, 4) is 5.75 Å². The largest absolute Gasteiger partial charge is 0.508 e. The van der Waals surface area contributed by atoms with Gasteiger partial charge in [-0.15, -0.1) is 0 Å². The van der Waals surface area contributed by atoms with E-state index in [0.717, 1.165) is 17.6 Å². The molecule has 7 heteroatoms. The number of fused-ring (bicyclic) bond motifs is 1. The van der Waals surface area contributed by atoms with Crippen molar-refractivity contribution in [3.05, 3.63) is 29.5 Å². The van der Waals surface area contributed by atoms with Gasteiger partial charge in [0.25, 0.3) is 5.91 Å². The number of hydrogen-bond donors (Lipinski definition) is 3. The van der Waals surface area contributed by atoms with E-state index in [1.807, 2.05) is 18.5 Å². The number of hydrogen-bond acceptors (Lipinski definition) is 4. The molecule has 0 radical (unpaired) electrons. The van der Waals surface area contributed by atoms with Crippen LogP contribution in [0.15, 0.2) is 18.2 Å². The normalized spacial score (nSPS) is 25.8. The molecule has 0 bridgehead atoms. The van der Waals surface area contributed by atoms with Crippen LogP contribution in [0.2, 0.25) is 0 Å². The highest BCUT2D eigenvalue weighted by Gasteiger charge is 2.50. The molecule has 2 aliphatic heterocycles. The quantitative estimate of drug-likeness (QED) is 0.704. The summed E-state index contributed by atoms with van der Waals surface area (Å²) < 4.78 is 1.93. The Hall–Kier alpha value is -2.54. The van der Waals surface area contributed by atoms with E-state index in [9.17, 15) is 19.8 Å². The number of carbonyl (C=O) groups excluding carboxylic acids is 2. The van der Waals surface area contributed by atoms with Crippen molar-refractivity contribution in [2.24, 2.45) is 12.5 Å². The molecular weight excluding hydrogens is 346 g/mol. The number of nitrogens with zero attached hydrogens (tertiary/aromatic N) is 2. The summed E-state index contributed by atoms with van der Waals surface area (Å²) in [4.78, 5) is 27.7. The lowest BCUT2D eigenvalue weighted by atomic mass is 9.71. The Kier molecular flexibility index (Phi) is 4.14. The van der Waals surface area contributed by atoms with Crippen molar-refractivity contribution >= 4 is 22.7 Å². The second-order valence-electron chi connectivity index (χ2n) is 7.77. The van der Waals surface area contributed by atoms with Gasteiger partial charge in [-0.2, -0.15) is 0 Å². The first-order chi connectivity index (χ1) is 12.8. The number of nitrogens with one attached hydrogen (secondary N) is 1. The number of piperidine rings is 2. The Labute approximate surface area is 157 Å². The van der Waals surface area contributed by atoms with Crippen LogP contribution in [-0.2, 0) is 11.8 Å². The zero-order chi connectivity index (χ0) is 19.3. The highest BCUT2D eigenvalue weighted by Crippen LogP contribution is 2.38. The Morgan fingerprint density at radius 3 is 2.89 bits per heavy atom. The van der Waals surface area contributed by atoms with Gasteiger partial charge in [0.1, 0.15) is 5.75 Å².